The highest BCUT2D eigenvalue weighted by molar-refractivity contribution is 7.89. The van der Waals surface area contributed by atoms with Crippen LogP contribution < -0.4 is 10.0 Å². The van der Waals surface area contributed by atoms with E-state index in [-0.39, 0.29) is 24.9 Å². The first kappa shape index (κ1) is 20.0. The zero-order chi connectivity index (χ0) is 19.3. The molecule has 0 spiro atoms. The lowest BCUT2D eigenvalue weighted by Gasteiger charge is -2.16. The second kappa shape index (κ2) is 8.37. The highest BCUT2D eigenvalue weighted by Crippen LogP contribution is 2.17. The summed E-state index contributed by atoms with van der Waals surface area (Å²) in [5, 5.41) is 2.80. The summed E-state index contributed by atoms with van der Waals surface area (Å²) in [6, 6.07) is 9.70. The molecule has 26 heavy (non-hydrogen) atoms. The SMILES string of the molecule is Cc1ccccc1C(C)NC(=O)CCNS(=O)(=O)c1ccc(F)c(F)c1. The standard InChI is InChI=1S/C18H20F2N2O3S/c1-12-5-3-4-6-15(12)13(2)22-18(23)9-10-21-26(24,25)14-7-8-16(19)17(20)11-14/h3-8,11,13,21H,9-10H2,1-2H3,(H,22,23). The normalized spacial score (nSPS) is 12.6. The molecular formula is C18H20F2N2O3S. The Balaban J connectivity index is 1.89. The van der Waals surface area contributed by atoms with Crippen LogP contribution in [0, 0.1) is 18.6 Å². The zero-order valence-electron chi connectivity index (χ0n) is 14.4. The Hall–Kier alpha value is -2.32. The highest BCUT2D eigenvalue weighted by Gasteiger charge is 2.17. The summed E-state index contributed by atoms with van der Waals surface area (Å²) >= 11 is 0. The maximum absolute atomic E-state index is 13.2. The van der Waals surface area contributed by atoms with Gasteiger partial charge in [-0.25, -0.2) is 21.9 Å². The molecule has 1 amide bonds. The number of hydrogen-bond acceptors (Lipinski definition) is 3. The number of aryl methyl sites for hydroxylation is 1. The smallest absolute Gasteiger partial charge is 0.240 e. The van der Waals surface area contributed by atoms with E-state index in [1.165, 1.54) is 0 Å². The average molecular weight is 382 g/mol. The van der Waals surface area contributed by atoms with Crippen LogP contribution in [-0.4, -0.2) is 20.9 Å². The van der Waals surface area contributed by atoms with Gasteiger partial charge in [-0.15, -0.1) is 0 Å². The fourth-order valence-electron chi connectivity index (χ4n) is 2.49. The summed E-state index contributed by atoms with van der Waals surface area (Å²) in [5.41, 5.74) is 2.02. The Morgan fingerprint density at radius 1 is 1.12 bits per heavy atom. The van der Waals surface area contributed by atoms with Gasteiger partial charge in [-0.2, -0.15) is 0 Å². The molecule has 140 valence electrons. The van der Waals surface area contributed by atoms with E-state index < -0.39 is 26.6 Å². The van der Waals surface area contributed by atoms with Gasteiger partial charge in [0.2, 0.25) is 15.9 Å². The van der Waals surface area contributed by atoms with Gasteiger partial charge >= 0.3 is 0 Å². The fraction of sp³-hybridized carbons (Fsp3) is 0.278. The van der Waals surface area contributed by atoms with Crippen LogP contribution in [0.3, 0.4) is 0 Å². The molecule has 2 aromatic rings. The van der Waals surface area contributed by atoms with E-state index >= 15 is 0 Å². The van der Waals surface area contributed by atoms with Gasteiger partial charge in [-0.3, -0.25) is 4.79 Å². The van der Waals surface area contributed by atoms with E-state index in [1.807, 2.05) is 38.1 Å². The molecule has 0 aliphatic rings. The van der Waals surface area contributed by atoms with Gasteiger partial charge in [0.1, 0.15) is 0 Å². The molecule has 0 saturated carbocycles. The number of carbonyl (C=O) groups excluding carboxylic acids is 1. The third-order valence-corrected chi connectivity index (χ3v) is 5.34. The van der Waals surface area contributed by atoms with Crippen molar-refractivity contribution in [1.29, 1.82) is 0 Å². The summed E-state index contributed by atoms with van der Waals surface area (Å²) in [6.07, 6.45) is -0.0842. The first-order chi connectivity index (χ1) is 12.2. The number of rotatable bonds is 7. The Bertz CT molecular complexity index is 901. The molecule has 1 atom stereocenters. The monoisotopic (exact) mass is 382 g/mol. The number of carbonyl (C=O) groups is 1. The number of nitrogens with one attached hydrogen (secondary N) is 2. The molecule has 0 aliphatic heterocycles. The van der Waals surface area contributed by atoms with Crippen molar-refractivity contribution in [2.24, 2.45) is 0 Å². The molecule has 0 aliphatic carbocycles. The van der Waals surface area contributed by atoms with Crippen LogP contribution in [0.2, 0.25) is 0 Å². The van der Waals surface area contributed by atoms with E-state index in [9.17, 15) is 22.0 Å². The van der Waals surface area contributed by atoms with Crippen molar-refractivity contribution in [2.75, 3.05) is 6.54 Å². The summed E-state index contributed by atoms with van der Waals surface area (Å²) in [6.45, 7) is 3.62. The minimum atomic E-state index is -4.02. The summed E-state index contributed by atoms with van der Waals surface area (Å²) in [5.74, 6) is -2.71. The Kier molecular flexibility index (Phi) is 6.44. The summed E-state index contributed by atoms with van der Waals surface area (Å²) < 4.78 is 52.3. The molecular weight excluding hydrogens is 362 g/mol. The Morgan fingerprint density at radius 3 is 2.46 bits per heavy atom. The third-order valence-electron chi connectivity index (χ3n) is 3.88. The molecule has 8 heteroatoms. The number of amides is 1. The van der Waals surface area contributed by atoms with Gasteiger partial charge in [0.05, 0.1) is 10.9 Å². The van der Waals surface area contributed by atoms with E-state index in [4.69, 9.17) is 0 Å². The Labute approximate surface area is 151 Å². The summed E-state index contributed by atoms with van der Waals surface area (Å²) in [4.78, 5) is 11.6. The van der Waals surface area contributed by atoms with E-state index in [0.29, 0.717) is 6.07 Å². The maximum atomic E-state index is 13.2. The quantitative estimate of drug-likeness (QED) is 0.773. The fourth-order valence-corrected chi connectivity index (χ4v) is 3.53. The van der Waals surface area contributed by atoms with Crippen LogP contribution in [-0.2, 0) is 14.8 Å². The average Bonchev–Trinajstić information content (AvgIpc) is 2.57. The third kappa shape index (κ3) is 5.09. The summed E-state index contributed by atoms with van der Waals surface area (Å²) in [7, 11) is -4.02. The second-order valence-corrected chi connectivity index (χ2v) is 7.64. The zero-order valence-corrected chi connectivity index (χ0v) is 15.2. The van der Waals surface area contributed by atoms with Gasteiger partial charge in [0.15, 0.2) is 11.6 Å². The van der Waals surface area contributed by atoms with Gasteiger partial charge < -0.3 is 5.32 Å². The molecule has 2 rings (SSSR count). The lowest BCUT2D eigenvalue weighted by atomic mass is 10.0. The number of benzene rings is 2. The topological polar surface area (TPSA) is 75.3 Å². The van der Waals surface area contributed by atoms with Crippen LogP contribution in [0.5, 0.6) is 0 Å². The van der Waals surface area contributed by atoms with Crippen molar-refractivity contribution in [3.63, 3.8) is 0 Å². The van der Waals surface area contributed by atoms with Gasteiger partial charge in [0, 0.05) is 13.0 Å². The predicted molar refractivity (Wildman–Crippen MR) is 93.9 cm³/mol. The molecule has 0 bridgehead atoms. The highest BCUT2D eigenvalue weighted by atomic mass is 32.2. The van der Waals surface area contributed by atoms with Crippen LogP contribution in [0.1, 0.15) is 30.5 Å². The molecule has 0 saturated heterocycles. The van der Waals surface area contributed by atoms with Gasteiger partial charge in [-0.05, 0) is 43.2 Å². The van der Waals surface area contributed by atoms with Crippen LogP contribution in [0.4, 0.5) is 8.78 Å². The lowest BCUT2D eigenvalue weighted by molar-refractivity contribution is -0.121. The number of hydrogen-bond donors (Lipinski definition) is 2. The molecule has 0 aromatic heterocycles. The van der Waals surface area contributed by atoms with Crippen molar-refractivity contribution >= 4 is 15.9 Å². The second-order valence-electron chi connectivity index (χ2n) is 5.87. The predicted octanol–water partition coefficient (Wildman–Crippen LogP) is 2.82. The van der Waals surface area contributed by atoms with E-state index in [0.717, 1.165) is 23.3 Å². The molecule has 0 fully saturated rings. The molecule has 2 aromatic carbocycles. The van der Waals surface area contributed by atoms with Crippen molar-refractivity contribution in [3.8, 4) is 0 Å². The van der Waals surface area contributed by atoms with Gasteiger partial charge in [0.25, 0.3) is 0 Å². The van der Waals surface area contributed by atoms with Crippen molar-refractivity contribution in [2.45, 2.75) is 31.2 Å². The number of sulfonamides is 1. The molecule has 1 unspecified atom stereocenters. The minimum Gasteiger partial charge on any atom is -0.350 e. The molecule has 5 nitrogen and oxygen atoms in total. The van der Waals surface area contributed by atoms with Crippen molar-refractivity contribution in [1.82, 2.24) is 10.0 Å². The first-order valence-electron chi connectivity index (χ1n) is 8.00. The number of halogens is 2. The van der Waals surface area contributed by atoms with Crippen molar-refractivity contribution in [3.05, 3.63) is 65.2 Å². The maximum Gasteiger partial charge on any atom is 0.240 e. The van der Waals surface area contributed by atoms with Crippen LogP contribution in [0.25, 0.3) is 0 Å². The van der Waals surface area contributed by atoms with Crippen LogP contribution in [0.15, 0.2) is 47.4 Å². The van der Waals surface area contributed by atoms with E-state index in [2.05, 4.69) is 10.0 Å². The molecule has 0 radical (unpaired) electrons. The van der Waals surface area contributed by atoms with Crippen LogP contribution >= 0.6 is 0 Å². The van der Waals surface area contributed by atoms with Gasteiger partial charge in [-0.1, -0.05) is 24.3 Å². The van der Waals surface area contributed by atoms with Crippen molar-refractivity contribution < 1.29 is 22.0 Å². The Morgan fingerprint density at radius 2 is 1.81 bits per heavy atom. The minimum absolute atomic E-state index is 0.0842. The lowest BCUT2D eigenvalue weighted by Crippen LogP contribution is -2.32. The largest absolute Gasteiger partial charge is 0.350 e. The molecule has 0 heterocycles. The molecule has 2 N–H and O–H groups in total. The van der Waals surface area contributed by atoms with E-state index in [1.54, 1.807) is 0 Å². The first-order valence-corrected chi connectivity index (χ1v) is 9.48.